The molecule has 0 aromatic heterocycles. The van der Waals surface area contributed by atoms with Gasteiger partial charge in [-0.15, -0.1) is 23.5 Å². The normalized spacial score (nSPS) is 24.8. The number of ether oxygens (including phenoxy) is 2. The van der Waals surface area contributed by atoms with Crippen LogP contribution in [0.25, 0.3) is 0 Å². The second-order valence-corrected chi connectivity index (χ2v) is 7.25. The molecule has 2 aliphatic heterocycles. The van der Waals surface area contributed by atoms with E-state index >= 15 is 0 Å². The Labute approximate surface area is 107 Å². The Morgan fingerprint density at radius 3 is 2.31 bits per heavy atom. The second kappa shape index (κ2) is 7.85. The maximum atomic E-state index is 5.54. The lowest BCUT2D eigenvalue weighted by atomic mass is 10.2. The van der Waals surface area contributed by atoms with Crippen molar-refractivity contribution in [2.24, 2.45) is 0 Å². The molecule has 0 aromatic rings. The third kappa shape index (κ3) is 4.86. The third-order valence-electron chi connectivity index (χ3n) is 2.92. The molecule has 2 nitrogen and oxygen atoms in total. The minimum absolute atomic E-state index is 0.0976. The molecule has 0 aliphatic carbocycles. The number of thioether (sulfide) groups is 2. The Bertz CT molecular complexity index is 158. The predicted octanol–water partition coefficient (Wildman–Crippen LogP) is 3.51. The van der Waals surface area contributed by atoms with Crippen LogP contribution in [0, 0.1) is 0 Å². The van der Waals surface area contributed by atoms with Crippen molar-refractivity contribution in [2.45, 2.75) is 49.4 Å². The van der Waals surface area contributed by atoms with Gasteiger partial charge in [0.15, 0.2) is 6.29 Å². The first-order valence-electron chi connectivity index (χ1n) is 6.41. The predicted molar refractivity (Wildman–Crippen MR) is 72.1 cm³/mol. The molecular weight excluding hydrogens is 240 g/mol. The zero-order valence-corrected chi connectivity index (χ0v) is 11.5. The summed E-state index contributed by atoms with van der Waals surface area (Å²) < 4.78 is 11.9. The lowest BCUT2D eigenvalue weighted by Crippen LogP contribution is -2.24. The summed E-state index contributed by atoms with van der Waals surface area (Å²) in [5, 5.41) is 0. The van der Waals surface area contributed by atoms with Gasteiger partial charge < -0.3 is 9.47 Å². The number of unbranched alkanes of at least 4 members (excludes halogenated alkanes) is 1. The van der Waals surface area contributed by atoms with Crippen LogP contribution in [0.3, 0.4) is 0 Å². The minimum Gasteiger partial charge on any atom is -0.353 e. The highest BCUT2D eigenvalue weighted by Crippen LogP contribution is 2.34. The van der Waals surface area contributed by atoms with E-state index in [0.717, 1.165) is 30.6 Å². The highest BCUT2D eigenvalue weighted by molar-refractivity contribution is 8.17. The molecule has 0 unspecified atom stereocenters. The Morgan fingerprint density at radius 1 is 0.875 bits per heavy atom. The molecular formula is C12H22O2S2. The highest BCUT2D eigenvalue weighted by Gasteiger charge is 2.16. The quantitative estimate of drug-likeness (QED) is 0.706. The number of hydrogen-bond acceptors (Lipinski definition) is 4. The topological polar surface area (TPSA) is 18.5 Å². The van der Waals surface area contributed by atoms with Gasteiger partial charge in [0.1, 0.15) is 0 Å². The molecule has 4 heteroatoms. The molecule has 2 fully saturated rings. The molecule has 0 bridgehead atoms. The lowest BCUT2D eigenvalue weighted by molar-refractivity contribution is -0.181. The summed E-state index contributed by atoms with van der Waals surface area (Å²) in [4.78, 5) is 0. The summed E-state index contributed by atoms with van der Waals surface area (Å²) in [6, 6.07) is 0. The van der Waals surface area contributed by atoms with Crippen LogP contribution in [0.15, 0.2) is 0 Å². The van der Waals surface area contributed by atoms with Crippen LogP contribution in [0.5, 0.6) is 0 Å². The monoisotopic (exact) mass is 262 g/mol. The van der Waals surface area contributed by atoms with Gasteiger partial charge in [0.25, 0.3) is 0 Å². The van der Waals surface area contributed by atoms with Crippen LogP contribution < -0.4 is 0 Å². The van der Waals surface area contributed by atoms with E-state index in [1.165, 1.54) is 37.2 Å². The van der Waals surface area contributed by atoms with Gasteiger partial charge in [0.2, 0.25) is 0 Å². The smallest absolute Gasteiger partial charge is 0.157 e. The van der Waals surface area contributed by atoms with E-state index in [4.69, 9.17) is 9.47 Å². The third-order valence-corrected chi connectivity index (χ3v) is 6.00. The molecule has 0 amide bonds. The van der Waals surface area contributed by atoms with Gasteiger partial charge in [-0.05, 0) is 43.6 Å². The molecule has 94 valence electrons. The SMILES string of the molecule is C1COC(CCCCC2SCCCS2)OC1. The van der Waals surface area contributed by atoms with Crippen molar-refractivity contribution < 1.29 is 9.47 Å². The van der Waals surface area contributed by atoms with Crippen molar-refractivity contribution in [2.75, 3.05) is 24.7 Å². The van der Waals surface area contributed by atoms with E-state index in [1.807, 2.05) is 0 Å². The molecule has 2 aliphatic rings. The molecule has 0 spiro atoms. The fourth-order valence-corrected chi connectivity index (χ4v) is 4.99. The maximum absolute atomic E-state index is 5.54. The van der Waals surface area contributed by atoms with E-state index in [9.17, 15) is 0 Å². The standard InChI is InChI=1S/C12H22O2S2/c1(5-11-13-7-3-8-14-11)2-6-12-15-9-4-10-16-12/h11-12H,1-10H2. The lowest BCUT2D eigenvalue weighted by Gasteiger charge is -2.24. The molecule has 0 aromatic carbocycles. The van der Waals surface area contributed by atoms with Crippen LogP contribution >= 0.6 is 23.5 Å². The van der Waals surface area contributed by atoms with Gasteiger partial charge >= 0.3 is 0 Å². The van der Waals surface area contributed by atoms with Crippen LogP contribution in [0.1, 0.15) is 38.5 Å². The van der Waals surface area contributed by atoms with Crippen LogP contribution in [0.4, 0.5) is 0 Å². The Balaban J connectivity index is 1.47. The Kier molecular flexibility index (Phi) is 6.41. The zero-order chi connectivity index (χ0) is 11.1. The fraction of sp³-hybridized carbons (Fsp3) is 1.00. The van der Waals surface area contributed by atoms with Gasteiger partial charge in [-0.3, -0.25) is 0 Å². The Morgan fingerprint density at radius 2 is 1.56 bits per heavy atom. The molecule has 2 heterocycles. The van der Waals surface area contributed by atoms with Crippen molar-refractivity contribution in [3.63, 3.8) is 0 Å². The van der Waals surface area contributed by atoms with Crippen molar-refractivity contribution in [3.8, 4) is 0 Å². The summed E-state index contributed by atoms with van der Waals surface area (Å²) in [7, 11) is 0. The van der Waals surface area contributed by atoms with Gasteiger partial charge in [-0.25, -0.2) is 0 Å². The Hall–Kier alpha value is 0.620. The summed E-state index contributed by atoms with van der Waals surface area (Å²) >= 11 is 4.30. The van der Waals surface area contributed by atoms with E-state index in [1.54, 1.807) is 0 Å². The number of rotatable bonds is 5. The second-order valence-electron chi connectivity index (χ2n) is 4.33. The van der Waals surface area contributed by atoms with Gasteiger partial charge in [0, 0.05) is 0 Å². The first-order chi connectivity index (χ1) is 7.95. The van der Waals surface area contributed by atoms with E-state index in [2.05, 4.69) is 23.5 Å². The first kappa shape index (κ1) is 13.1. The first-order valence-corrected chi connectivity index (χ1v) is 8.51. The molecule has 0 atom stereocenters. The van der Waals surface area contributed by atoms with Gasteiger partial charge in [-0.2, -0.15) is 0 Å². The molecule has 16 heavy (non-hydrogen) atoms. The minimum atomic E-state index is 0.0976. The zero-order valence-electron chi connectivity index (χ0n) is 9.86. The van der Waals surface area contributed by atoms with Crippen LogP contribution in [0.2, 0.25) is 0 Å². The highest BCUT2D eigenvalue weighted by atomic mass is 32.2. The van der Waals surface area contributed by atoms with Crippen molar-refractivity contribution >= 4 is 23.5 Å². The van der Waals surface area contributed by atoms with E-state index < -0.39 is 0 Å². The summed E-state index contributed by atoms with van der Waals surface area (Å²) in [5.41, 5.74) is 0. The van der Waals surface area contributed by atoms with E-state index in [-0.39, 0.29) is 6.29 Å². The van der Waals surface area contributed by atoms with Gasteiger partial charge in [0.05, 0.1) is 17.8 Å². The maximum Gasteiger partial charge on any atom is 0.157 e. The summed E-state index contributed by atoms with van der Waals surface area (Å²) in [6.45, 7) is 1.78. The summed E-state index contributed by atoms with van der Waals surface area (Å²) in [6.07, 6.45) is 7.59. The van der Waals surface area contributed by atoms with Gasteiger partial charge in [-0.1, -0.05) is 6.42 Å². The van der Waals surface area contributed by atoms with Crippen LogP contribution in [-0.4, -0.2) is 35.6 Å². The fourth-order valence-electron chi connectivity index (χ4n) is 2.03. The summed E-state index contributed by atoms with van der Waals surface area (Å²) in [5.74, 6) is 2.74. The molecule has 0 N–H and O–H groups in total. The number of hydrogen-bond donors (Lipinski definition) is 0. The average molecular weight is 262 g/mol. The molecule has 2 rings (SSSR count). The average Bonchev–Trinajstić information content (AvgIpc) is 2.37. The van der Waals surface area contributed by atoms with Crippen LogP contribution in [-0.2, 0) is 9.47 Å². The molecule has 0 saturated carbocycles. The molecule has 2 saturated heterocycles. The molecule has 0 radical (unpaired) electrons. The van der Waals surface area contributed by atoms with Crippen molar-refractivity contribution in [3.05, 3.63) is 0 Å². The van der Waals surface area contributed by atoms with Crippen molar-refractivity contribution in [1.82, 2.24) is 0 Å². The van der Waals surface area contributed by atoms with Crippen molar-refractivity contribution in [1.29, 1.82) is 0 Å². The van der Waals surface area contributed by atoms with E-state index in [0.29, 0.717) is 0 Å². The largest absolute Gasteiger partial charge is 0.353 e.